The van der Waals surface area contributed by atoms with Crippen LogP contribution in [0, 0.1) is 12.3 Å². The van der Waals surface area contributed by atoms with Gasteiger partial charge in [-0.05, 0) is 59.8 Å². The van der Waals surface area contributed by atoms with E-state index in [9.17, 15) is 0 Å². The molecule has 2 unspecified atom stereocenters. The number of aryl methyl sites for hydroxylation is 1. The average molecular weight is 376 g/mol. The minimum atomic E-state index is 0.296. The predicted molar refractivity (Wildman–Crippen MR) is 83.6 cm³/mol. The van der Waals surface area contributed by atoms with E-state index in [1.54, 1.807) is 0 Å². The number of alkyl halides is 1. The molecule has 1 saturated carbocycles. The van der Waals surface area contributed by atoms with Gasteiger partial charge in [0.15, 0.2) is 0 Å². The van der Waals surface area contributed by atoms with Crippen LogP contribution in [0.1, 0.15) is 38.7 Å². The summed E-state index contributed by atoms with van der Waals surface area (Å²) in [5, 5.41) is 0. The maximum Gasteiger partial charge on any atom is 0.133 e. The molecule has 0 aliphatic heterocycles. The minimum Gasteiger partial charge on any atom is -0.489 e. The molecule has 0 amide bonds. The molecule has 0 heterocycles. The summed E-state index contributed by atoms with van der Waals surface area (Å²) in [5.74, 6) is 0.969. The Balaban J connectivity index is 2.15. The SMILES string of the molecule is CCC1(CC)C(Br)CC1Oc1ccc(C)cc1Br. The fraction of sp³-hybridized carbons (Fsp3) is 0.600. The molecule has 0 saturated heterocycles. The van der Waals surface area contributed by atoms with Crippen molar-refractivity contribution in [1.29, 1.82) is 0 Å². The Labute approximate surface area is 127 Å². The van der Waals surface area contributed by atoms with Crippen molar-refractivity contribution in [2.24, 2.45) is 5.41 Å². The van der Waals surface area contributed by atoms with E-state index >= 15 is 0 Å². The van der Waals surface area contributed by atoms with E-state index in [4.69, 9.17) is 4.74 Å². The van der Waals surface area contributed by atoms with E-state index < -0.39 is 0 Å². The zero-order valence-electron chi connectivity index (χ0n) is 11.2. The van der Waals surface area contributed by atoms with Crippen LogP contribution in [0.2, 0.25) is 0 Å². The highest BCUT2D eigenvalue weighted by atomic mass is 79.9. The summed E-state index contributed by atoms with van der Waals surface area (Å²) in [7, 11) is 0. The third-order valence-electron chi connectivity index (χ3n) is 4.36. The van der Waals surface area contributed by atoms with Crippen molar-refractivity contribution in [3.05, 3.63) is 28.2 Å². The molecule has 2 rings (SSSR count). The van der Waals surface area contributed by atoms with Gasteiger partial charge in [-0.1, -0.05) is 35.8 Å². The highest BCUT2D eigenvalue weighted by molar-refractivity contribution is 9.10. The number of hydrogen-bond acceptors (Lipinski definition) is 1. The van der Waals surface area contributed by atoms with Crippen molar-refractivity contribution >= 4 is 31.9 Å². The van der Waals surface area contributed by atoms with Crippen molar-refractivity contribution in [2.45, 2.75) is 51.0 Å². The molecule has 1 aliphatic carbocycles. The van der Waals surface area contributed by atoms with Crippen LogP contribution in [-0.4, -0.2) is 10.9 Å². The zero-order valence-corrected chi connectivity index (χ0v) is 14.3. The lowest BCUT2D eigenvalue weighted by Crippen LogP contribution is -2.56. The Kier molecular flexibility index (Phi) is 4.43. The highest BCUT2D eigenvalue weighted by Gasteiger charge is 2.53. The second-order valence-electron chi connectivity index (χ2n) is 5.18. The van der Waals surface area contributed by atoms with E-state index in [0.717, 1.165) is 29.5 Å². The van der Waals surface area contributed by atoms with Crippen molar-refractivity contribution in [3.63, 3.8) is 0 Å². The van der Waals surface area contributed by atoms with Gasteiger partial charge in [0.25, 0.3) is 0 Å². The molecule has 0 N–H and O–H groups in total. The van der Waals surface area contributed by atoms with Gasteiger partial charge in [-0.3, -0.25) is 0 Å². The topological polar surface area (TPSA) is 9.23 Å². The van der Waals surface area contributed by atoms with Gasteiger partial charge in [0.05, 0.1) is 4.47 Å². The van der Waals surface area contributed by atoms with Crippen LogP contribution < -0.4 is 4.74 Å². The molecule has 0 aromatic heterocycles. The smallest absolute Gasteiger partial charge is 0.133 e. The van der Waals surface area contributed by atoms with E-state index in [1.807, 2.05) is 0 Å². The fourth-order valence-corrected chi connectivity index (χ4v) is 4.74. The van der Waals surface area contributed by atoms with Gasteiger partial charge in [-0.2, -0.15) is 0 Å². The largest absolute Gasteiger partial charge is 0.489 e. The second kappa shape index (κ2) is 5.54. The number of halogens is 2. The fourth-order valence-electron chi connectivity index (χ4n) is 2.87. The zero-order chi connectivity index (χ0) is 13.3. The summed E-state index contributed by atoms with van der Waals surface area (Å²) in [4.78, 5) is 0.592. The van der Waals surface area contributed by atoms with Crippen LogP contribution in [0.15, 0.2) is 22.7 Å². The van der Waals surface area contributed by atoms with E-state index in [0.29, 0.717) is 16.3 Å². The lowest BCUT2D eigenvalue weighted by atomic mass is 9.62. The number of benzene rings is 1. The summed E-state index contributed by atoms with van der Waals surface area (Å²) < 4.78 is 7.28. The van der Waals surface area contributed by atoms with Gasteiger partial charge in [0.1, 0.15) is 11.9 Å². The Morgan fingerprint density at radius 3 is 2.50 bits per heavy atom. The summed E-state index contributed by atoms with van der Waals surface area (Å²) in [6, 6.07) is 6.28. The summed E-state index contributed by atoms with van der Waals surface area (Å²) in [6.45, 7) is 6.61. The minimum absolute atomic E-state index is 0.296. The molecule has 100 valence electrons. The molecule has 0 spiro atoms. The first-order chi connectivity index (χ1) is 8.53. The number of rotatable bonds is 4. The molecule has 1 fully saturated rings. The van der Waals surface area contributed by atoms with Crippen molar-refractivity contribution in [2.75, 3.05) is 0 Å². The maximum atomic E-state index is 6.23. The van der Waals surface area contributed by atoms with Crippen LogP contribution in [0.4, 0.5) is 0 Å². The van der Waals surface area contributed by atoms with Crippen LogP contribution in [0.5, 0.6) is 5.75 Å². The first-order valence-corrected chi connectivity index (χ1v) is 8.31. The van der Waals surface area contributed by atoms with Gasteiger partial charge in [0, 0.05) is 10.2 Å². The Morgan fingerprint density at radius 1 is 1.33 bits per heavy atom. The molecule has 1 aliphatic rings. The van der Waals surface area contributed by atoms with Gasteiger partial charge in [-0.25, -0.2) is 0 Å². The molecule has 0 bridgehead atoms. The van der Waals surface area contributed by atoms with Crippen molar-refractivity contribution < 1.29 is 4.74 Å². The summed E-state index contributed by atoms with van der Waals surface area (Å²) >= 11 is 7.39. The quantitative estimate of drug-likeness (QED) is 0.633. The van der Waals surface area contributed by atoms with Crippen molar-refractivity contribution in [1.82, 2.24) is 0 Å². The van der Waals surface area contributed by atoms with Crippen LogP contribution in [0.3, 0.4) is 0 Å². The standard InChI is InChI=1S/C15H20Br2O/c1-4-15(5-2)13(17)9-14(15)18-12-7-6-10(3)8-11(12)16/h6-8,13-14H,4-5,9H2,1-3H3. The first kappa shape index (κ1) is 14.4. The van der Waals surface area contributed by atoms with Gasteiger partial charge in [-0.15, -0.1) is 0 Å². The van der Waals surface area contributed by atoms with Gasteiger partial charge >= 0.3 is 0 Å². The van der Waals surface area contributed by atoms with E-state index in [-0.39, 0.29) is 0 Å². The third kappa shape index (κ3) is 2.36. The van der Waals surface area contributed by atoms with Gasteiger partial charge in [0.2, 0.25) is 0 Å². The molecule has 1 aromatic rings. The lowest BCUT2D eigenvalue weighted by Gasteiger charge is -2.52. The predicted octanol–water partition coefficient (Wildman–Crippen LogP) is 5.48. The molecular formula is C15H20Br2O. The average Bonchev–Trinajstić information content (AvgIpc) is 2.33. The Morgan fingerprint density at radius 2 is 2.00 bits per heavy atom. The number of ether oxygens (including phenoxy) is 1. The van der Waals surface area contributed by atoms with Crippen LogP contribution in [-0.2, 0) is 0 Å². The molecular weight excluding hydrogens is 356 g/mol. The molecule has 1 aromatic carbocycles. The third-order valence-corrected chi connectivity index (χ3v) is 6.26. The van der Waals surface area contributed by atoms with E-state index in [1.165, 1.54) is 5.56 Å². The summed E-state index contributed by atoms with van der Waals surface area (Å²) in [6.07, 6.45) is 3.75. The van der Waals surface area contributed by atoms with Crippen LogP contribution in [0.25, 0.3) is 0 Å². The molecule has 18 heavy (non-hydrogen) atoms. The van der Waals surface area contributed by atoms with Gasteiger partial charge < -0.3 is 4.74 Å². The lowest BCUT2D eigenvalue weighted by molar-refractivity contribution is -0.0415. The Hall–Kier alpha value is -0.0200. The summed E-state index contributed by atoms with van der Waals surface area (Å²) in [5.41, 5.74) is 1.54. The Bertz CT molecular complexity index is 427. The molecule has 0 radical (unpaired) electrons. The first-order valence-electron chi connectivity index (χ1n) is 6.60. The molecule has 2 atom stereocenters. The molecule has 1 nitrogen and oxygen atoms in total. The molecule has 3 heteroatoms. The normalized spacial score (nSPS) is 25.6. The number of hydrogen-bond donors (Lipinski definition) is 0. The monoisotopic (exact) mass is 374 g/mol. The maximum absolute atomic E-state index is 6.23. The van der Waals surface area contributed by atoms with Crippen LogP contribution >= 0.6 is 31.9 Å². The second-order valence-corrected chi connectivity index (χ2v) is 7.14. The highest BCUT2D eigenvalue weighted by Crippen LogP contribution is 2.53. The van der Waals surface area contributed by atoms with Crippen molar-refractivity contribution in [3.8, 4) is 5.75 Å². The van der Waals surface area contributed by atoms with E-state index in [2.05, 4.69) is 70.8 Å².